The summed E-state index contributed by atoms with van der Waals surface area (Å²) in [7, 11) is 0. The van der Waals surface area contributed by atoms with Crippen LogP contribution in [0.1, 0.15) is 65.7 Å². The minimum Gasteiger partial charge on any atom is -0.394 e. The predicted octanol–water partition coefficient (Wildman–Crippen LogP) is 4.77. The van der Waals surface area contributed by atoms with Crippen molar-refractivity contribution >= 4 is 16.9 Å². The first-order valence-corrected chi connectivity index (χ1v) is 12.8. The molecular formula is C30H33N3O3. The fraction of sp³-hybridized carbons (Fsp3) is 0.333. The Kier molecular flexibility index (Phi) is 7.44. The molecule has 1 aliphatic carbocycles. The van der Waals surface area contributed by atoms with Crippen molar-refractivity contribution in [3.8, 4) is 0 Å². The number of amides is 1. The second-order valence-electron chi connectivity index (χ2n) is 9.73. The number of benzene rings is 3. The Morgan fingerprint density at radius 2 is 1.75 bits per heavy atom. The molecule has 186 valence electrons. The molecule has 0 aliphatic heterocycles. The summed E-state index contributed by atoms with van der Waals surface area (Å²) in [6, 6.07) is 23.9. The van der Waals surface area contributed by atoms with Crippen molar-refractivity contribution in [1.29, 1.82) is 0 Å². The van der Waals surface area contributed by atoms with E-state index in [4.69, 9.17) is 0 Å². The summed E-state index contributed by atoms with van der Waals surface area (Å²) in [5, 5.41) is 22.4. The fourth-order valence-corrected chi connectivity index (χ4v) is 5.50. The molecule has 1 fully saturated rings. The number of carbonyl (C=O) groups excluding carboxylic acids is 1. The van der Waals surface area contributed by atoms with Gasteiger partial charge in [-0.1, -0.05) is 79.6 Å². The molecule has 3 unspecified atom stereocenters. The van der Waals surface area contributed by atoms with Gasteiger partial charge in [0.25, 0.3) is 0 Å². The maximum Gasteiger partial charge on any atom is 0.224 e. The van der Waals surface area contributed by atoms with E-state index in [0.717, 1.165) is 54.3 Å². The van der Waals surface area contributed by atoms with E-state index >= 15 is 0 Å². The molecule has 1 aromatic heterocycles. The minimum atomic E-state index is -0.389. The molecule has 4 N–H and O–H groups in total. The Bertz CT molecular complexity index is 1300. The fourth-order valence-electron chi connectivity index (χ4n) is 5.50. The van der Waals surface area contributed by atoms with Gasteiger partial charge in [-0.25, -0.2) is 4.98 Å². The van der Waals surface area contributed by atoms with E-state index < -0.39 is 0 Å². The van der Waals surface area contributed by atoms with Gasteiger partial charge < -0.3 is 20.5 Å². The number of carbonyl (C=O) groups is 1. The highest BCUT2D eigenvalue weighted by atomic mass is 16.3. The monoisotopic (exact) mass is 483 g/mol. The molecule has 3 aromatic carbocycles. The van der Waals surface area contributed by atoms with E-state index in [1.165, 1.54) is 11.1 Å². The van der Waals surface area contributed by atoms with Gasteiger partial charge in [0.05, 0.1) is 23.7 Å². The zero-order chi connectivity index (χ0) is 24.9. The van der Waals surface area contributed by atoms with Crippen LogP contribution in [-0.2, 0) is 17.8 Å². The zero-order valence-corrected chi connectivity index (χ0v) is 20.4. The number of fused-ring (bicyclic) bond motifs is 1. The van der Waals surface area contributed by atoms with Gasteiger partial charge in [-0.15, -0.1) is 0 Å². The van der Waals surface area contributed by atoms with Crippen molar-refractivity contribution < 1.29 is 15.0 Å². The van der Waals surface area contributed by atoms with Crippen LogP contribution < -0.4 is 5.32 Å². The highest BCUT2D eigenvalue weighted by Crippen LogP contribution is 2.38. The number of rotatable bonds is 8. The lowest BCUT2D eigenvalue weighted by Gasteiger charge is -2.32. The van der Waals surface area contributed by atoms with E-state index in [1.807, 2.05) is 42.5 Å². The highest BCUT2D eigenvalue weighted by molar-refractivity contribution is 5.80. The lowest BCUT2D eigenvalue weighted by atomic mass is 9.74. The van der Waals surface area contributed by atoms with Crippen LogP contribution in [0.5, 0.6) is 0 Å². The third-order valence-electron chi connectivity index (χ3n) is 7.40. The van der Waals surface area contributed by atoms with E-state index in [-0.39, 0.29) is 37.0 Å². The summed E-state index contributed by atoms with van der Waals surface area (Å²) < 4.78 is 0. The summed E-state index contributed by atoms with van der Waals surface area (Å²) in [4.78, 5) is 21.0. The first-order chi connectivity index (χ1) is 17.7. The Balaban J connectivity index is 1.31. The molecule has 0 bridgehead atoms. The van der Waals surface area contributed by atoms with Crippen molar-refractivity contribution in [2.24, 2.45) is 5.92 Å². The van der Waals surface area contributed by atoms with Gasteiger partial charge >= 0.3 is 0 Å². The number of aromatic amines is 1. The quantitative estimate of drug-likeness (QED) is 0.290. The topological polar surface area (TPSA) is 98.2 Å². The van der Waals surface area contributed by atoms with Crippen LogP contribution in [0.3, 0.4) is 0 Å². The third kappa shape index (κ3) is 5.20. The predicted molar refractivity (Wildman–Crippen MR) is 140 cm³/mol. The van der Waals surface area contributed by atoms with Gasteiger partial charge in [-0.2, -0.15) is 0 Å². The SMILES string of the molecule is O=C(NC(CO)c1ccccc1)C1CCCCC1c1ccc(Cc2cccc3[nH]c(CO)nc23)cc1. The maximum atomic E-state index is 13.3. The number of nitrogens with one attached hydrogen (secondary N) is 2. The van der Waals surface area contributed by atoms with E-state index in [0.29, 0.717) is 5.82 Å². The smallest absolute Gasteiger partial charge is 0.224 e. The number of hydrogen-bond acceptors (Lipinski definition) is 4. The number of H-pyrrole nitrogens is 1. The van der Waals surface area contributed by atoms with Crippen molar-refractivity contribution in [3.63, 3.8) is 0 Å². The maximum absolute atomic E-state index is 13.3. The third-order valence-corrected chi connectivity index (χ3v) is 7.40. The molecule has 5 rings (SSSR count). The molecule has 3 atom stereocenters. The molecule has 1 amide bonds. The Labute approximate surface area is 211 Å². The van der Waals surface area contributed by atoms with Crippen LogP contribution in [0.2, 0.25) is 0 Å². The van der Waals surface area contributed by atoms with Crippen molar-refractivity contribution in [3.05, 3.63) is 101 Å². The van der Waals surface area contributed by atoms with Gasteiger partial charge in [0.1, 0.15) is 12.4 Å². The van der Waals surface area contributed by atoms with Gasteiger partial charge in [0, 0.05) is 5.92 Å². The van der Waals surface area contributed by atoms with Crippen LogP contribution in [0.15, 0.2) is 72.8 Å². The number of aromatic nitrogens is 2. The Morgan fingerprint density at radius 3 is 2.50 bits per heavy atom. The average molecular weight is 484 g/mol. The number of aliphatic hydroxyl groups excluding tert-OH is 2. The summed E-state index contributed by atoms with van der Waals surface area (Å²) >= 11 is 0. The second-order valence-corrected chi connectivity index (χ2v) is 9.73. The summed E-state index contributed by atoms with van der Waals surface area (Å²) in [5.41, 5.74) is 6.23. The van der Waals surface area contributed by atoms with E-state index in [1.54, 1.807) is 0 Å². The summed E-state index contributed by atoms with van der Waals surface area (Å²) in [5.74, 6) is 0.670. The van der Waals surface area contributed by atoms with Gasteiger partial charge in [0.15, 0.2) is 0 Å². The summed E-state index contributed by atoms with van der Waals surface area (Å²) in [6.07, 6.45) is 4.76. The number of imidazole rings is 1. The Hall–Kier alpha value is -3.48. The Morgan fingerprint density at radius 1 is 0.972 bits per heavy atom. The van der Waals surface area contributed by atoms with Crippen LogP contribution >= 0.6 is 0 Å². The number of para-hydroxylation sites is 1. The zero-order valence-electron chi connectivity index (χ0n) is 20.4. The molecule has 0 saturated heterocycles. The molecule has 1 aliphatic rings. The summed E-state index contributed by atoms with van der Waals surface area (Å²) in [6.45, 7) is -0.228. The number of aliphatic hydroxyl groups is 2. The highest BCUT2D eigenvalue weighted by Gasteiger charge is 2.33. The molecule has 0 radical (unpaired) electrons. The van der Waals surface area contributed by atoms with Crippen LogP contribution in [0.4, 0.5) is 0 Å². The first-order valence-electron chi connectivity index (χ1n) is 12.8. The van der Waals surface area contributed by atoms with Crippen molar-refractivity contribution in [2.75, 3.05) is 6.61 Å². The van der Waals surface area contributed by atoms with E-state index in [2.05, 4.69) is 45.6 Å². The molecule has 1 saturated carbocycles. The molecular weight excluding hydrogens is 450 g/mol. The minimum absolute atomic E-state index is 0.0246. The average Bonchev–Trinajstić information content (AvgIpc) is 3.37. The van der Waals surface area contributed by atoms with Crippen LogP contribution in [-0.4, -0.2) is 32.7 Å². The van der Waals surface area contributed by atoms with Crippen LogP contribution in [0, 0.1) is 5.92 Å². The largest absolute Gasteiger partial charge is 0.394 e. The van der Waals surface area contributed by atoms with Crippen molar-refractivity contribution in [1.82, 2.24) is 15.3 Å². The number of nitrogens with zero attached hydrogens (tertiary/aromatic N) is 1. The van der Waals surface area contributed by atoms with E-state index in [9.17, 15) is 15.0 Å². The molecule has 4 aromatic rings. The molecule has 1 heterocycles. The van der Waals surface area contributed by atoms with Gasteiger partial charge in [-0.05, 0) is 53.5 Å². The van der Waals surface area contributed by atoms with Crippen LogP contribution in [0.25, 0.3) is 11.0 Å². The number of hydrogen-bond donors (Lipinski definition) is 4. The molecule has 36 heavy (non-hydrogen) atoms. The molecule has 6 nitrogen and oxygen atoms in total. The van der Waals surface area contributed by atoms with Crippen molar-refractivity contribution in [2.45, 2.75) is 50.7 Å². The standard InChI is InChI=1S/C30H33N3O3/c34-18-27(22-7-2-1-3-8-22)32-30(36)25-11-5-4-10-24(25)21-15-13-20(14-16-21)17-23-9-6-12-26-29(23)33-28(19-35)31-26/h1-3,6-9,12-16,24-25,27,34-35H,4-5,10-11,17-19H2,(H,31,33)(H,32,36). The van der Waals surface area contributed by atoms with Gasteiger partial charge in [0.2, 0.25) is 5.91 Å². The lowest BCUT2D eigenvalue weighted by molar-refractivity contribution is -0.127. The lowest BCUT2D eigenvalue weighted by Crippen LogP contribution is -2.39. The molecule has 0 spiro atoms. The first kappa shape index (κ1) is 24.2. The normalized spacial score (nSPS) is 18.7. The van der Waals surface area contributed by atoms with Gasteiger partial charge in [-0.3, -0.25) is 4.79 Å². The molecule has 6 heteroatoms. The second kappa shape index (κ2) is 11.1.